The second-order valence-electron chi connectivity index (χ2n) is 3.32. The quantitative estimate of drug-likeness (QED) is 0.820. The van der Waals surface area contributed by atoms with Crippen molar-refractivity contribution in [1.29, 1.82) is 4.78 Å². The van der Waals surface area contributed by atoms with Gasteiger partial charge in [-0.25, -0.2) is 0 Å². The Hall–Kier alpha value is -1.16. The molecule has 3 nitrogen and oxygen atoms in total. The van der Waals surface area contributed by atoms with Crippen LogP contribution in [-0.2, 0) is 16.9 Å². The minimum Gasteiger partial charge on any atom is -0.188 e. The average Bonchev–Trinajstić information content (AvgIpc) is 2.03. The van der Waals surface area contributed by atoms with Crippen molar-refractivity contribution in [1.82, 2.24) is 0 Å². The second kappa shape index (κ2) is 7.26. The molecule has 0 aliphatic carbocycles. The van der Waals surface area contributed by atoms with E-state index in [4.69, 9.17) is 13.2 Å². The number of benzene rings is 1. The van der Waals surface area contributed by atoms with Crippen LogP contribution in [0.4, 0.5) is 0 Å². The predicted octanol–water partition coefficient (Wildman–Crippen LogP) is 2.51. The Kier molecular flexibility index (Phi) is 6.66. The fourth-order valence-corrected chi connectivity index (χ4v) is 1.09. The van der Waals surface area contributed by atoms with Crippen molar-refractivity contribution in [2.75, 3.05) is 0 Å². The molecule has 78 valence electrons. The predicted molar refractivity (Wildman–Crippen MR) is 56.6 cm³/mol. The van der Waals surface area contributed by atoms with Crippen molar-refractivity contribution in [3.05, 3.63) is 35.9 Å². The first kappa shape index (κ1) is 12.8. The molecule has 14 heavy (non-hydrogen) atoms. The molecule has 0 fully saturated rings. The van der Waals surface area contributed by atoms with Gasteiger partial charge in [-0.05, 0) is 17.9 Å². The molecule has 0 aromatic heterocycles. The van der Waals surface area contributed by atoms with Crippen molar-refractivity contribution in [2.24, 2.45) is 5.92 Å². The molecule has 0 spiro atoms. The molecule has 0 bridgehead atoms. The van der Waals surface area contributed by atoms with Crippen LogP contribution in [-0.4, -0.2) is 8.42 Å². The summed E-state index contributed by atoms with van der Waals surface area (Å²) >= 11 is 0. The largest absolute Gasteiger partial charge is 0.308 e. The van der Waals surface area contributed by atoms with Crippen molar-refractivity contribution < 1.29 is 8.42 Å². The molecule has 0 aliphatic rings. The lowest BCUT2D eigenvalue weighted by atomic mass is 10.0. The molecule has 0 saturated heterocycles. The molecule has 1 N–H and O–H groups in total. The highest BCUT2D eigenvalue weighted by atomic mass is 32.2. The average molecular weight is 213 g/mol. The van der Waals surface area contributed by atoms with E-state index < -0.39 is 10.5 Å². The van der Waals surface area contributed by atoms with Gasteiger partial charge >= 0.3 is 10.5 Å². The van der Waals surface area contributed by atoms with Crippen LogP contribution in [0.15, 0.2) is 30.3 Å². The highest BCUT2D eigenvalue weighted by molar-refractivity contribution is 7.60. The van der Waals surface area contributed by atoms with Crippen LogP contribution in [0, 0.1) is 10.7 Å². The molecular formula is C10H15NO2S. The Morgan fingerprint density at radius 3 is 2.00 bits per heavy atom. The zero-order valence-electron chi connectivity index (χ0n) is 8.40. The standard InChI is InChI=1S/C10H14.HNO2S/c1-9(2)8-10-6-4-3-5-7-10;1-4(2)3/h3-7,9H,8H2,1-2H3;1H. The number of hydrogen-bond donors (Lipinski definition) is 1. The number of nitrogens with one attached hydrogen (secondary N) is 1. The number of rotatable bonds is 2. The Morgan fingerprint density at radius 1 is 1.21 bits per heavy atom. The van der Waals surface area contributed by atoms with E-state index >= 15 is 0 Å². The van der Waals surface area contributed by atoms with Gasteiger partial charge in [0, 0.05) is 0 Å². The number of hydrogen-bond acceptors (Lipinski definition) is 3. The summed E-state index contributed by atoms with van der Waals surface area (Å²) in [5.74, 6) is 0.766. The first-order valence-corrected chi connectivity index (χ1v) is 5.44. The molecule has 0 amide bonds. The topological polar surface area (TPSA) is 58.0 Å². The van der Waals surface area contributed by atoms with E-state index in [1.54, 1.807) is 0 Å². The minimum absolute atomic E-state index is 0.766. The summed E-state index contributed by atoms with van der Waals surface area (Å²) in [5, 5.41) is 0. The van der Waals surface area contributed by atoms with Gasteiger partial charge in [0.2, 0.25) is 0 Å². The van der Waals surface area contributed by atoms with Gasteiger partial charge in [0.1, 0.15) is 0 Å². The van der Waals surface area contributed by atoms with Crippen molar-refractivity contribution in [3.8, 4) is 0 Å². The van der Waals surface area contributed by atoms with Gasteiger partial charge in [0.15, 0.2) is 0 Å². The fourth-order valence-electron chi connectivity index (χ4n) is 1.09. The zero-order chi connectivity index (χ0) is 11.0. The van der Waals surface area contributed by atoms with Gasteiger partial charge in [-0.1, -0.05) is 44.2 Å². The monoisotopic (exact) mass is 213 g/mol. The zero-order valence-corrected chi connectivity index (χ0v) is 9.21. The third-order valence-corrected chi connectivity index (χ3v) is 1.49. The molecule has 0 saturated carbocycles. The molecule has 0 radical (unpaired) electrons. The van der Waals surface area contributed by atoms with E-state index in [9.17, 15) is 0 Å². The van der Waals surface area contributed by atoms with Crippen molar-refractivity contribution in [2.45, 2.75) is 20.3 Å². The normalized spacial score (nSPS) is 9.07. The Labute approximate surface area is 86.3 Å². The Balaban J connectivity index is 0.000000364. The summed E-state index contributed by atoms with van der Waals surface area (Å²) < 4.78 is 22.8. The highest BCUT2D eigenvalue weighted by Gasteiger charge is 1.94. The van der Waals surface area contributed by atoms with Crippen LogP contribution in [0.3, 0.4) is 0 Å². The molecule has 0 atom stereocenters. The van der Waals surface area contributed by atoms with E-state index in [1.165, 1.54) is 12.0 Å². The Morgan fingerprint density at radius 2 is 1.64 bits per heavy atom. The SMILES string of the molecule is CC(C)Cc1ccccc1.N=S(=O)=O. The van der Waals surface area contributed by atoms with E-state index in [0.717, 1.165) is 5.92 Å². The van der Waals surface area contributed by atoms with Crippen LogP contribution < -0.4 is 0 Å². The molecule has 0 heterocycles. The molecule has 1 aromatic carbocycles. The minimum atomic E-state index is -2.61. The van der Waals surface area contributed by atoms with Gasteiger partial charge in [-0.3, -0.25) is 0 Å². The Bertz CT molecular complexity index is 335. The van der Waals surface area contributed by atoms with Gasteiger partial charge in [0.25, 0.3) is 0 Å². The van der Waals surface area contributed by atoms with Crippen LogP contribution in [0.5, 0.6) is 0 Å². The molecular weight excluding hydrogens is 198 g/mol. The summed E-state index contributed by atoms with van der Waals surface area (Å²) in [4.78, 5) is 0. The first-order valence-electron chi connectivity index (χ1n) is 4.36. The lowest BCUT2D eigenvalue weighted by Gasteiger charge is -2.02. The van der Waals surface area contributed by atoms with Crippen molar-refractivity contribution >= 4 is 10.5 Å². The van der Waals surface area contributed by atoms with Crippen LogP contribution in [0.1, 0.15) is 19.4 Å². The van der Waals surface area contributed by atoms with E-state index in [2.05, 4.69) is 44.2 Å². The molecule has 0 aliphatic heterocycles. The molecule has 1 rings (SSSR count). The second-order valence-corrected chi connectivity index (χ2v) is 3.79. The van der Waals surface area contributed by atoms with E-state index in [0.29, 0.717) is 0 Å². The maximum atomic E-state index is 8.67. The first-order chi connectivity index (χ1) is 6.52. The fraction of sp³-hybridized carbons (Fsp3) is 0.400. The van der Waals surface area contributed by atoms with Gasteiger partial charge in [0.05, 0.1) is 0 Å². The summed E-state index contributed by atoms with van der Waals surface area (Å²) in [5.41, 5.74) is 1.44. The molecule has 0 unspecified atom stereocenters. The third-order valence-electron chi connectivity index (χ3n) is 1.49. The summed E-state index contributed by atoms with van der Waals surface area (Å²) in [6.07, 6.45) is 1.20. The third kappa shape index (κ3) is 8.93. The highest BCUT2D eigenvalue weighted by Crippen LogP contribution is 2.05. The van der Waals surface area contributed by atoms with Crippen LogP contribution in [0.25, 0.3) is 0 Å². The van der Waals surface area contributed by atoms with Gasteiger partial charge < -0.3 is 0 Å². The van der Waals surface area contributed by atoms with Gasteiger partial charge in [-0.2, -0.15) is 13.2 Å². The van der Waals surface area contributed by atoms with E-state index in [-0.39, 0.29) is 0 Å². The maximum Gasteiger partial charge on any atom is 0.308 e. The van der Waals surface area contributed by atoms with Crippen LogP contribution >= 0.6 is 0 Å². The van der Waals surface area contributed by atoms with E-state index in [1.807, 2.05) is 0 Å². The lowest BCUT2D eigenvalue weighted by molar-refractivity contribution is 0.620. The lowest BCUT2D eigenvalue weighted by Crippen LogP contribution is -1.92. The smallest absolute Gasteiger partial charge is 0.188 e. The summed E-state index contributed by atoms with van der Waals surface area (Å²) in [6, 6.07) is 10.6. The summed E-state index contributed by atoms with van der Waals surface area (Å²) in [6.45, 7) is 4.49. The maximum absolute atomic E-state index is 8.67. The molecule has 1 aromatic rings. The van der Waals surface area contributed by atoms with Crippen LogP contribution in [0.2, 0.25) is 0 Å². The molecule has 4 heteroatoms. The summed E-state index contributed by atoms with van der Waals surface area (Å²) in [7, 11) is -2.61. The van der Waals surface area contributed by atoms with Gasteiger partial charge in [-0.15, -0.1) is 0 Å². The van der Waals surface area contributed by atoms with Crippen molar-refractivity contribution in [3.63, 3.8) is 0 Å².